The van der Waals surface area contributed by atoms with Crippen molar-refractivity contribution < 1.29 is 14.4 Å². The van der Waals surface area contributed by atoms with Crippen LogP contribution < -0.4 is 0 Å². The smallest absolute Gasteiger partial charge is 0.262 e. The molecule has 1 atom stereocenters. The quantitative estimate of drug-likeness (QED) is 0.628. The molecule has 0 bridgehead atoms. The third kappa shape index (κ3) is 2.40. The molecule has 0 aliphatic carbocycles. The van der Waals surface area contributed by atoms with Crippen LogP contribution in [0.2, 0.25) is 0 Å². The highest BCUT2D eigenvalue weighted by Gasteiger charge is 2.42. The van der Waals surface area contributed by atoms with Crippen LogP contribution in [0.4, 0.5) is 0 Å². The number of carbonyl (C=O) groups is 3. The summed E-state index contributed by atoms with van der Waals surface area (Å²) in [7, 11) is 0. The Hall–Kier alpha value is -1.68. The van der Waals surface area contributed by atoms with Crippen molar-refractivity contribution in [2.45, 2.75) is 26.3 Å². The number of rotatable bonds is 4. The first-order valence-corrected chi connectivity index (χ1v) is 6.47. The number of amides is 2. The summed E-state index contributed by atoms with van der Waals surface area (Å²) in [6.07, 6.45) is 0.369. The second-order valence-corrected chi connectivity index (χ2v) is 5.35. The van der Waals surface area contributed by atoms with E-state index in [0.29, 0.717) is 17.5 Å². The molecular weight excluding hydrogens is 266 g/mol. The van der Waals surface area contributed by atoms with Crippen molar-refractivity contribution in [2.24, 2.45) is 5.92 Å². The van der Waals surface area contributed by atoms with Crippen molar-refractivity contribution in [1.82, 2.24) is 4.90 Å². The van der Waals surface area contributed by atoms with Gasteiger partial charge in [0.05, 0.1) is 11.1 Å². The summed E-state index contributed by atoms with van der Waals surface area (Å²) in [6.45, 7) is 3.82. The molecule has 0 radical (unpaired) electrons. The summed E-state index contributed by atoms with van der Waals surface area (Å²) in [6, 6.07) is 5.65. The Bertz CT molecular complexity index is 518. The van der Waals surface area contributed by atoms with Gasteiger partial charge in [-0.15, -0.1) is 0 Å². The maximum Gasteiger partial charge on any atom is 0.262 e. The Labute approximate surface area is 116 Å². The minimum Gasteiger partial charge on any atom is -0.279 e. The molecule has 4 nitrogen and oxygen atoms in total. The zero-order valence-corrected chi connectivity index (χ0v) is 11.5. The van der Waals surface area contributed by atoms with Gasteiger partial charge in [0.15, 0.2) is 0 Å². The van der Waals surface area contributed by atoms with Crippen molar-refractivity contribution >= 4 is 28.7 Å². The van der Waals surface area contributed by atoms with E-state index in [4.69, 9.17) is 11.6 Å². The van der Waals surface area contributed by atoms with E-state index in [-0.39, 0.29) is 5.92 Å². The Kier molecular flexibility index (Phi) is 3.71. The molecule has 2 amide bonds. The zero-order valence-electron chi connectivity index (χ0n) is 10.7. The van der Waals surface area contributed by atoms with E-state index in [1.807, 2.05) is 13.8 Å². The van der Waals surface area contributed by atoms with Crippen molar-refractivity contribution in [3.05, 3.63) is 35.4 Å². The second kappa shape index (κ2) is 5.13. The molecule has 0 fully saturated rings. The highest BCUT2D eigenvalue weighted by atomic mass is 35.5. The molecule has 0 N–H and O–H groups in total. The standard InChI is InChI=1S/C14H14ClNO3/c1-8(2)7-11(12(15)17)16-13(18)9-5-3-4-6-10(9)14(16)19/h3-6,8,11H,7H2,1-2H3/t11-/m0/s1. The van der Waals surface area contributed by atoms with Crippen molar-refractivity contribution in [3.63, 3.8) is 0 Å². The van der Waals surface area contributed by atoms with E-state index in [2.05, 4.69) is 0 Å². The fraction of sp³-hybridized carbons (Fsp3) is 0.357. The third-order valence-corrected chi connectivity index (χ3v) is 3.35. The van der Waals surface area contributed by atoms with Gasteiger partial charge in [-0.05, 0) is 36.1 Å². The van der Waals surface area contributed by atoms with Gasteiger partial charge in [0, 0.05) is 0 Å². The normalized spacial score (nSPS) is 15.9. The number of nitrogens with zero attached hydrogens (tertiary/aromatic N) is 1. The topological polar surface area (TPSA) is 54.5 Å². The van der Waals surface area contributed by atoms with E-state index in [9.17, 15) is 14.4 Å². The maximum absolute atomic E-state index is 12.2. The molecule has 0 saturated carbocycles. The van der Waals surface area contributed by atoms with Crippen LogP contribution in [0.1, 0.15) is 41.0 Å². The molecule has 1 aromatic carbocycles. The zero-order chi connectivity index (χ0) is 14.2. The molecule has 2 rings (SSSR count). The van der Waals surface area contributed by atoms with Gasteiger partial charge in [-0.1, -0.05) is 26.0 Å². The first-order chi connectivity index (χ1) is 8.93. The van der Waals surface area contributed by atoms with Crippen LogP contribution in [-0.4, -0.2) is 28.0 Å². The number of hydrogen-bond acceptors (Lipinski definition) is 3. The number of halogens is 1. The summed E-state index contributed by atoms with van der Waals surface area (Å²) in [5.41, 5.74) is 0.665. The minimum atomic E-state index is -0.894. The first-order valence-electron chi connectivity index (χ1n) is 6.09. The number of hydrogen-bond donors (Lipinski definition) is 0. The number of benzene rings is 1. The van der Waals surface area contributed by atoms with Gasteiger partial charge in [0.25, 0.3) is 11.8 Å². The van der Waals surface area contributed by atoms with E-state index >= 15 is 0 Å². The van der Waals surface area contributed by atoms with Crippen LogP contribution in [-0.2, 0) is 4.79 Å². The molecule has 1 heterocycles. The van der Waals surface area contributed by atoms with Crippen LogP contribution in [0.25, 0.3) is 0 Å². The first kappa shape index (κ1) is 13.7. The lowest BCUT2D eigenvalue weighted by Gasteiger charge is -2.24. The maximum atomic E-state index is 12.2. The van der Waals surface area contributed by atoms with E-state index in [0.717, 1.165) is 4.90 Å². The predicted molar refractivity (Wildman–Crippen MR) is 71.0 cm³/mol. The molecule has 1 aliphatic heterocycles. The SMILES string of the molecule is CC(C)C[C@@H](C(=O)Cl)N1C(=O)c2ccccc2C1=O. The van der Waals surface area contributed by atoms with Crippen LogP contribution in [0.15, 0.2) is 24.3 Å². The summed E-state index contributed by atoms with van der Waals surface area (Å²) in [5, 5.41) is -0.678. The number of fused-ring (bicyclic) bond motifs is 1. The number of imide groups is 1. The van der Waals surface area contributed by atoms with Gasteiger partial charge in [0.1, 0.15) is 6.04 Å². The molecule has 0 saturated heterocycles. The summed E-state index contributed by atoms with van der Waals surface area (Å²) >= 11 is 5.56. The van der Waals surface area contributed by atoms with Crippen molar-refractivity contribution in [2.75, 3.05) is 0 Å². The molecule has 0 spiro atoms. The Morgan fingerprint density at radius 1 is 1.16 bits per heavy atom. The van der Waals surface area contributed by atoms with Gasteiger partial charge >= 0.3 is 0 Å². The second-order valence-electron chi connectivity index (χ2n) is 4.98. The van der Waals surface area contributed by atoms with Gasteiger partial charge in [-0.25, -0.2) is 0 Å². The van der Waals surface area contributed by atoms with Gasteiger partial charge in [0.2, 0.25) is 5.24 Å². The monoisotopic (exact) mass is 279 g/mol. The molecule has 1 aromatic rings. The molecule has 100 valence electrons. The average Bonchev–Trinajstić information content (AvgIpc) is 2.60. The molecule has 0 aromatic heterocycles. The summed E-state index contributed by atoms with van der Waals surface area (Å²) < 4.78 is 0. The van der Waals surface area contributed by atoms with E-state index in [1.165, 1.54) is 0 Å². The van der Waals surface area contributed by atoms with Crippen LogP contribution in [0.5, 0.6) is 0 Å². The van der Waals surface area contributed by atoms with Crippen LogP contribution in [0, 0.1) is 5.92 Å². The predicted octanol–water partition coefficient (Wildman–Crippen LogP) is 2.46. The average molecular weight is 280 g/mol. The molecule has 0 unspecified atom stereocenters. The van der Waals surface area contributed by atoms with E-state index < -0.39 is 23.1 Å². The van der Waals surface area contributed by atoms with Crippen molar-refractivity contribution in [3.8, 4) is 0 Å². The van der Waals surface area contributed by atoms with E-state index in [1.54, 1.807) is 24.3 Å². The Morgan fingerprint density at radius 3 is 2.00 bits per heavy atom. The lowest BCUT2D eigenvalue weighted by molar-refractivity contribution is -0.115. The largest absolute Gasteiger partial charge is 0.279 e. The van der Waals surface area contributed by atoms with Crippen LogP contribution >= 0.6 is 11.6 Å². The summed E-state index contributed by atoms with van der Waals surface area (Å²) in [5.74, 6) is -0.738. The van der Waals surface area contributed by atoms with Crippen LogP contribution in [0.3, 0.4) is 0 Å². The van der Waals surface area contributed by atoms with Gasteiger partial charge in [-0.2, -0.15) is 0 Å². The summed E-state index contributed by atoms with van der Waals surface area (Å²) in [4.78, 5) is 37.0. The molecule has 1 aliphatic rings. The fourth-order valence-electron chi connectivity index (χ4n) is 2.24. The lowest BCUT2D eigenvalue weighted by atomic mass is 10.0. The molecular formula is C14H14ClNO3. The fourth-order valence-corrected chi connectivity index (χ4v) is 2.42. The number of carbonyl (C=O) groups excluding carboxylic acids is 3. The third-order valence-electron chi connectivity index (χ3n) is 3.09. The lowest BCUT2D eigenvalue weighted by Crippen LogP contribution is -2.44. The van der Waals surface area contributed by atoms with Gasteiger partial charge < -0.3 is 0 Å². The Morgan fingerprint density at radius 2 is 1.63 bits per heavy atom. The highest BCUT2D eigenvalue weighted by molar-refractivity contribution is 6.65. The minimum absolute atomic E-state index is 0.150. The molecule has 19 heavy (non-hydrogen) atoms. The van der Waals surface area contributed by atoms with Crippen molar-refractivity contribution in [1.29, 1.82) is 0 Å². The highest BCUT2D eigenvalue weighted by Crippen LogP contribution is 2.27. The van der Waals surface area contributed by atoms with Gasteiger partial charge in [-0.3, -0.25) is 19.3 Å². The Balaban J connectivity index is 2.39. The molecule has 5 heteroatoms.